The van der Waals surface area contributed by atoms with Crippen molar-refractivity contribution in [3.8, 4) is 5.75 Å². The zero-order chi connectivity index (χ0) is 13.8. The first kappa shape index (κ1) is 14.3. The van der Waals surface area contributed by atoms with E-state index in [1.54, 1.807) is 12.1 Å². The topological polar surface area (TPSA) is 21.3 Å². The fourth-order valence-electron chi connectivity index (χ4n) is 3.04. The molecule has 106 valence electrons. The van der Waals surface area contributed by atoms with Gasteiger partial charge < -0.3 is 10.1 Å². The molecular formula is C16H24FNO. The molecule has 1 aliphatic carbocycles. The highest BCUT2D eigenvalue weighted by atomic mass is 19.1. The van der Waals surface area contributed by atoms with E-state index in [-0.39, 0.29) is 11.9 Å². The van der Waals surface area contributed by atoms with Gasteiger partial charge in [0, 0.05) is 12.1 Å². The van der Waals surface area contributed by atoms with Crippen LogP contribution in [0.3, 0.4) is 0 Å². The monoisotopic (exact) mass is 265 g/mol. The number of rotatable bonds is 5. The molecule has 0 heterocycles. The van der Waals surface area contributed by atoms with Crippen LogP contribution in [0, 0.1) is 11.7 Å². The number of hydrogen-bond acceptors (Lipinski definition) is 2. The van der Waals surface area contributed by atoms with Crippen LogP contribution < -0.4 is 10.1 Å². The minimum Gasteiger partial charge on any atom is -0.494 e. The highest BCUT2D eigenvalue weighted by Gasteiger charge is 2.23. The van der Waals surface area contributed by atoms with Gasteiger partial charge in [0.25, 0.3) is 0 Å². The Morgan fingerprint density at radius 1 is 1.26 bits per heavy atom. The Kier molecular flexibility index (Phi) is 4.81. The van der Waals surface area contributed by atoms with Crippen molar-refractivity contribution in [3.05, 3.63) is 29.6 Å². The van der Waals surface area contributed by atoms with E-state index < -0.39 is 0 Å². The van der Waals surface area contributed by atoms with E-state index in [1.165, 1.54) is 32.8 Å². The van der Waals surface area contributed by atoms with Gasteiger partial charge in [-0.05, 0) is 50.3 Å². The molecule has 0 saturated heterocycles. The average Bonchev–Trinajstić information content (AvgIpc) is 2.92. The summed E-state index contributed by atoms with van der Waals surface area (Å²) < 4.78 is 18.6. The van der Waals surface area contributed by atoms with Crippen molar-refractivity contribution in [1.29, 1.82) is 0 Å². The van der Waals surface area contributed by atoms with E-state index >= 15 is 0 Å². The molecule has 1 fully saturated rings. The van der Waals surface area contributed by atoms with E-state index in [0.29, 0.717) is 11.8 Å². The van der Waals surface area contributed by atoms with Gasteiger partial charge in [-0.3, -0.25) is 0 Å². The fraction of sp³-hybridized carbons (Fsp3) is 0.625. The van der Waals surface area contributed by atoms with Gasteiger partial charge in [0.2, 0.25) is 0 Å². The molecule has 1 saturated carbocycles. The van der Waals surface area contributed by atoms with Gasteiger partial charge in [0.1, 0.15) is 0 Å². The third kappa shape index (κ3) is 3.47. The third-order valence-corrected chi connectivity index (χ3v) is 4.30. The van der Waals surface area contributed by atoms with Crippen LogP contribution in [0.2, 0.25) is 0 Å². The highest BCUT2D eigenvalue weighted by Crippen LogP contribution is 2.29. The number of ether oxygens (including phenoxy) is 1. The van der Waals surface area contributed by atoms with Crippen molar-refractivity contribution in [2.45, 2.75) is 51.6 Å². The summed E-state index contributed by atoms with van der Waals surface area (Å²) in [4.78, 5) is 0. The van der Waals surface area contributed by atoms with Crippen molar-refractivity contribution in [1.82, 2.24) is 5.32 Å². The lowest BCUT2D eigenvalue weighted by molar-refractivity contribution is 0.351. The second-order valence-corrected chi connectivity index (χ2v) is 5.62. The maximum atomic E-state index is 13.7. The number of benzene rings is 1. The van der Waals surface area contributed by atoms with Gasteiger partial charge in [-0.25, -0.2) is 4.39 Å². The molecule has 3 heteroatoms. The SMILES string of the molecule is COc1ccc(C(C)N[C@H](C)C2CCCC2)cc1F. The Balaban J connectivity index is 1.98. The predicted octanol–water partition coefficient (Wildman–Crippen LogP) is 4.06. The first-order chi connectivity index (χ1) is 9.11. The molecule has 0 bridgehead atoms. The van der Waals surface area contributed by atoms with Crippen LogP contribution in [0.5, 0.6) is 5.75 Å². The van der Waals surface area contributed by atoms with Gasteiger partial charge in [-0.1, -0.05) is 18.9 Å². The van der Waals surface area contributed by atoms with E-state index in [2.05, 4.69) is 19.2 Å². The lowest BCUT2D eigenvalue weighted by atomic mass is 9.98. The average molecular weight is 265 g/mol. The van der Waals surface area contributed by atoms with Crippen molar-refractivity contribution in [2.75, 3.05) is 7.11 Å². The van der Waals surface area contributed by atoms with Crippen LogP contribution in [-0.4, -0.2) is 13.2 Å². The van der Waals surface area contributed by atoms with Gasteiger partial charge in [-0.15, -0.1) is 0 Å². The quantitative estimate of drug-likeness (QED) is 0.866. The van der Waals surface area contributed by atoms with E-state index in [1.807, 2.05) is 6.07 Å². The Morgan fingerprint density at radius 2 is 1.95 bits per heavy atom. The minimum absolute atomic E-state index is 0.163. The van der Waals surface area contributed by atoms with Crippen LogP contribution in [0.1, 0.15) is 51.1 Å². The van der Waals surface area contributed by atoms with Gasteiger partial charge in [0.05, 0.1) is 7.11 Å². The molecule has 2 nitrogen and oxygen atoms in total. The molecular weight excluding hydrogens is 241 g/mol. The molecule has 2 atom stereocenters. The molecule has 19 heavy (non-hydrogen) atoms. The summed E-state index contributed by atoms with van der Waals surface area (Å²) in [6.45, 7) is 4.33. The Labute approximate surface area is 115 Å². The molecule has 0 aliphatic heterocycles. The van der Waals surface area contributed by atoms with Crippen LogP contribution >= 0.6 is 0 Å². The van der Waals surface area contributed by atoms with E-state index in [4.69, 9.17) is 4.74 Å². The zero-order valence-corrected chi connectivity index (χ0v) is 12.1. The summed E-state index contributed by atoms with van der Waals surface area (Å²) in [5.41, 5.74) is 0.975. The summed E-state index contributed by atoms with van der Waals surface area (Å²) in [7, 11) is 1.49. The molecule has 0 radical (unpaired) electrons. The van der Waals surface area contributed by atoms with Crippen LogP contribution in [0.4, 0.5) is 4.39 Å². The molecule has 2 rings (SSSR count). The molecule has 0 spiro atoms. The van der Waals surface area contributed by atoms with E-state index in [9.17, 15) is 4.39 Å². The first-order valence-electron chi connectivity index (χ1n) is 7.21. The standard InChI is InChI=1S/C16H24FNO/c1-11(13-6-4-5-7-13)18-12(2)14-8-9-16(19-3)15(17)10-14/h8-13,18H,4-7H2,1-3H3/t11-,12?/m1/s1. The van der Waals surface area contributed by atoms with Crippen molar-refractivity contribution < 1.29 is 9.13 Å². The number of halogens is 1. The lowest BCUT2D eigenvalue weighted by Gasteiger charge is -2.25. The number of methoxy groups -OCH3 is 1. The van der Waals surface area contributed by atoms with Crippen molar-refractivity contribution >= 4 is 0 Å². The first-order valence-corrected chi connectivity index (χ1v) is 7.21. The second kappa shape index (κ2) is 6.38. The van der Waals surface area contributed by atoms with Gasteiger partial charge in [0.15, 0.2) is 11.6 Å². The van der Waals surface area contributed by atoms with Gasteiger partial charge >= 0.3 is 0 Å². The summed E-state index contributed by atoms with van der Waals surface area (Å²) in [5.74, 6) is 0.785. The Morgan fingerprint density at radius 3 is 2.53 bits per heavy atom. The third-order valence-electron chi connectivity index (χ3n) is 4.30. The van der Waals surface area contributed by atoms with Crippen molar-refractivity contribution in [2.24, 2.45) is 5.92 Å². The smallest absolute Gasteiger partial charge is 0.165 e. The maximum Gasteiger partial charge on any atom is 0.165 e. The molecule has 1 aliphatic rings. The molecule has 0 aromatic heterocycles. The largest absolute Gasteiger partial charge is 0.494 e. The molecule has 1 unspecified atom stereocenters. The summed E-state index contributed by atoms with van der Waals surface area (Å²) in [6, 6.07) is 5.85. The van der Waals surface area contributed by atoms with Crippen LogP contribution in [0.15, 0.2) is 18.2 Å². The molecule has 0 amide bonds. The Hall–Kier alpha value is -1.09. The zero-order valence-electron chi connectivity index (χ0n) is 12.1. The maximum absolute atomic E-state index is 13.7. The molecule has 1 aromatic rings. The van der Waals surface area contributed by atoms with E-state index in [0.717, 1.165) is 11.5 Å². The normalized spacial score (nSPS) is 19.4. The minimum atomic E-state index is -0.290. The summed E-state index contributed by atoms with van der Waals surface area (Å²) >= 11 is 0. The summed E-state index contributed by atoms with van der Waals surface area (Å²) in [6.07, 6.45) is 5.33. The van der Waals surface area contributed by atoms with Crippen LogP contribution in [0.25, 0.3) is 0 Å². The predicted molar refractivity (Wildman–Crippen MR) is 75.9 cm³/mol. The molecule has 1 aromatic carbocycles. The van der Waals surface area contributed by atoms with Crippen LogP contribution in [-0.2, 0) is 0 Å². The summed E-state index contributed by atoms with van der Waals surface area (Å²) in [5, 5.41) is 3.60. The van der Waals surface area contributed by atoms with Crippen molar-refractivity contribution in [3.63, 3.8) is 0 Å². The molecule has 1 N–H and O–H groups in total. The second-order valence-electron chi connectivity index (χ2n) is 5.62. The fourth-order valence-corrected chi connectivity index (χ4v) is 3.04. The van der Waals surface area contributed by atoms with Gasteiger partial charge in [-0.2, -0.15) is 0 Å². The lowest BCUT2D eigenvalue weighted by Crippen LogP contribution is -2.34. The number of nitrogens with one attached hydrogen (secondary N) is 1. The highest BCUT2D eigenvalue weighted by molar-refractivity contribution is 5.30. The Bertz CT molecular complexity index is 415. The number of hydrogen-bond donors (Lipinski definition) is 1.